The van der Waals surface area contributed by atoms with Gasteiger partial charge in [-0.25, -0.2) is 4.58 Å². The highest BCUT2D eigenvalue weighted by Gasteiger charge is 2.37. The summed E-state index contributed by atoms with van der Waals surface area (Å²) in [5.41, 5.74) is 13.6. The molecule has 1 N–H and O–H groups in total. The Morgan fingerprint density at radius 3 is 1.97 bits per heavy atom. The van der Waals surface area contributed by atoms with Crippen molar-refractivity contribution in [3.63, 3.8) is 0 Å². The molecule has 6 aliphatic heterocycles. The number of allylic oxidation sites excluding steroid dienone is 1. The van der Waals surface area contributed by atoms with E-state index in [1.807, 2.05) is 49.3 Å². The molecule has 5 aromatic carbocycles. The van der Waals surface area contributed by atoms with Gasteiger partial charge in [0.15, 0.2) is 11.6 Å². The normalized spacial score (nSPS) is 17.6. The zero-order chi connectivity index (χ0) is 50.3. The van der Waals surface area contributed by atoms with E-state index in [0.717, 1.165) is 122 Å². The first-order valence-electron chi connectivity index (χ1n) is 25.3. The smallest absolute Gasteiger partial charge is 0.210 e. The average Bonchev–Trinajstić information content (AvgIpc) is 3.37. The Labute approximate surface area is 419 Å². The molecule has 72 heavy (non-hydrogen) atoms. The lowest BCUT2D eigenvalue weighted by molar-refractivity contribution is -0.871. The van der Waals surface area contributed by atoms with E-state index in [4.69, 9.17) is 9.47 Å². The molecule has 7 aliphatic rings. The molecule has 12 nitrogen and oxygen atoms in total. The predicted molar refractivity (Wildman–Crippen MR) is 273 cm³/mol. The summed E-state index contributed by atoms with van der Waals surface area (Å²) < 4.78 is 15.9. The molecule has 1 atom stereocenters. The lowest BCUT2D eigenvalue weighted by Crippen LogP contribution is -3.09. The van der Waals surface area contributed by atoms with Crippen LogP contribution in [0.1, 0.15) is 125 Å². The number of aryl methyl sites for hydroxylation is 2. The van der Waals surface area contributed by atoms with Crippen molar-refractivity contribution in [3.05, 3.63) is 174 Å². The van der Waals surface area contributed by atoms with Gasteiger partial charge in [0.2, 0.25) is 5.36 Å². The number of anilines is 2. The van der Waals surface area contributed by atoms with E-state index in [0.29, 0.717) is 39.3 Å². The molecule has 366 valence electrons. The third-order valence-corrected chi connectivity index (χ3v) is 15.5. The maximum Gasteiger partial charge on any atom is 0.210 e. The number of nitrogens with zero attached hydrogens (tertiary/aromatic N) is 3. The molecule has 0 saturated carbocycles. The zero-order valence-electron chi connectivity index (χ0n) is 41.8. The van der Waals surface area contributed by atoms with Gasteiger partial charge in [-0.05, 0) is 118 Å². The summed E-state index contributed by atoms with van der Waals surface area (Å²) in [6, 6.07) is 20.0. The van der Waals surface area contributed by atoms with Crippen LogP contribution in [0.5, 0.6) is 17.2 Å². The second-order valence-electron chi connectivity index (χ2n) is 20.5. The monoisotopic (exact) mass is 962 g/mol. The number of nitrogens with one attached hydrogen (secondary N) is 1. The fraction of sp³-hybridized carbons (Fsp3) is 0.317. The molecule has 0 bridgehead atoms. The van der Waals surface area contributed by atoms with Crippen LogP contribution < -0.4 is 49.5 Å². The van der Waals surface area contributed by atoms with Gasteiger partial charge in [0.25, 0.3) is 0 Å². The van der Waals surface area contributed by atoms with Crippen LogP contribution in [0.25, 0.3) is 11.1 Å². The van der Waals surface area contributed by atoms with Crippen molar-refractivity contribution in [1.29, 1.82) is 0 Å². The summed E-state index contributed by atoms with van der Waals surface area (Å²) in [5, 5.41) is 26.8. The van der Waals surface area contributed by atoms with Crippen molar-refractivity contribution < 1.29 is 43.8 Å². The van der Waals surface area contributed by atoms with Gasteiger partial charge in [-0.15, -0.1) is 0 Å². The molecule has 0 radical (unpaired) electrons. The summed E-state index contributed by atoms with van der Waals surface area (Å²) in [4.78, 5) is 54.9. The number of aromatic carboxylic acids is 2. The fourth-order valence-electron chi connectivity index (χ4n) is 12.0. The van der Waals surface area contributed by atoms with E-state index < -0.39 is 11.9 Å². The highest BCUT2D eigenvalue weighted by molar-refractivity contribution is 6.04. The van der Waals surface area contributed by atoms with Crippen LogP contribution in [0, 0.1) is 0 Å². The van der Waals surface area contributed by atoms with Crippen LogP contribution in [0.4, 0.5) is 11.4 Å². The minimum Gasteiger partial charge on any atom is -0.545 e. The molecule has 12 rings (SSSR count). The standard InChI is InChI=1S/C34H32N2O4.C26H26N2O4/c1-19(37)20-10-11-23(34(38)39)26(16-20)29-27-17-21-6-2-12-35-14-4-8-24(30(21)35)32(27)40-33-25-9-5-15-36-13-3-7-22(31(25)36)18-28(29)33;1-15(29)16-6-9-19(26(30)31)22(12-16)25-20-10-7-17(27(2)3)13-23(20)32-24-14-18(28(4)5)8-11-21(24)25/h10-11,16-18H,2-9,12-15H2,1H3;6-14,17H,1-5H3,(H,30,31). The van der Waals surface area contributed by atoms with Crippen LogP contribution in [0.15, 0.2) is 96.3 Å². The minimum absolute atomic E-state index is 0.0372. The molecule has 1 unspecified atom stereocenters. The van der Waals surface area contributed by atoms with Crippen LogP contribution in [0.3, 0.4) is 0 Å². The molecule has 0 spiro atoms. The Bertz CT molecular complexity index is 3460. The van der Waals surface area contributed by atoms with Crippen molar-refractivity contribution in [2.75, 3.05) is 64.2 Å². The van der Waals surface area contributed by atoms with E-state index in [1.165, 1.54) is 70.2 Å². The lowest BCUT2D eigenvalue weighted by atomic mass is 9.81. The largest absolute Gasteiger partial charge is 0.545 e. The number of Topliss-reactive ketones (excluding diaryl/α,β-unsaturated/α-hetero) is 2. The molecule has 0 fully saturated rings. The van der Waals surface area contributed by atoms with Crippen molar-refractivity contribution in [2.45, 2.75) is 71.3 Å². The summed E-state index contributed by atoms with van der Waals surface area (Å²) in [7, 11) is 8.02. The van der Waals surface area contributed by atoms with Gasteiger partial charge >= 0.3 is 0 Å². The molecule has 5 aromatic rings. The zero-order valence-corrected chi connectivity index (χ0v) is 41.8. The number of ketones is 2. The Balaban J connectivity index is 0.000000160. The third kappa shape index (κ3) is 7.92. The highest BCUT2D eigenvalue weighted by Crippen LogP contribution is 2.49. The number of quaternary nitrogens is 1. The molecule has 0 aromatic heterocycles. The van der Waals surface area contributed by atoms with Crippen LogP contribution >= 0.6 is 0 Å². The van der Waals surface area contributed by atoms with Crippen molar-refractivity contribution in [3.8, 4) is 17.2 Å². The highest BCUT2D eigenvalue weighted by atomic mass is 16.5. The number of rotatable bonds is 8. The van der Waals surface area contributed by atoms with Crippen molar-refractivity contribution >= 4 is 46.0 Å². The van der Waals surface area contributed by atoms with Crippen LogP contribution in [-0.4, -0.2) is 83.9 Å². The van der Waals surface area contributed by atoms with Crippen LogP contribution in [0.2, 0.25) is 0 Å². The number of carboxylic acid groups (broad SMARTS) is 2. The van der Waals surface area contributed by atoms with Gasteiger partial charge < -0.3 is 44.0 Å². The number of carbonyl (C=O) groups excluding carboxylic acids is 4. The first kappa shape index (κ1) is 46.8. The predicted octanol–water partition coefficient (Wildman–Crippen LogP) is 4.17. The lowest BCUT2D eigenvalue weighted by Gasteiger charge is -2.39. The fourth-order valence-corrected chi connectivity index (χ4v) is 12.0. The number of hydrogen-bond donors (Lipinski definition) is 1. The first-order chi connectivity index (χ1) is 34.7. The Hall–Kier alpha value is -7.57. The van der Waals surface area contributed by atoms with E-state index in [2.05, 4.69) is 41.8 Å². The van der Waals surface area contributed by atoms with Crippen LogP contribution in [-0.2, 0) is 25.7 Å². The molecular formula is C60H58N4O8. The van der Waals surface area contributed by atoms with Gasteiger partial charge in [0.1, 0.15) is 42.1 Å². The molecule has 0 saturated heterocycles. The SMILES string of the molecule is CC(=O)c1ccc(C(=O)[O-])c(C2=C3C=CC([NH+](C)C)C=C3Oc3cc(N(C)C)ccc32)c1.CC(=O)c1ccc(C(=O)[O-])c(C2=c3cc4c5c(c3Oc3c2cc2c6c3CCCN6CCC2)CCC[N+]=5CCC4)c1. The number of benzene rings is 5. The molecule has 1 aliphatic carbocycles. The quantitative estimate of drug-likeness (QED) is 0.174. The van der Waals surface area contributed by atoms with E-state index >= 15 is 0 Å². The van der Waals surface area contributed by atoms with E-state index in [-0.39, 0.29) is 28.7 Å². The number of carboxylic acids is 2. The van der Waals surface area contributed by atoms with Gasteiger partial charge in [-0.1, -0.05) is 24.3 Å². The maximum atomic E-state index is 12.5. The van der Waals surface area contributed by atoms with Crippen molar-refractivity contribution in [1.82, 2.24) is 4.58 Å². The topological polar surface area (TPSA) is 147 Å². The maximum absolute atomic E-state index is 12.5. The Morgan fingerprint density at radius 1 is 0.681 bits per heavy atom. The molecule has 6 heterocycles. The second kappa shape index (κ2) is 18.2. The Kier molecular flexibility index (Phi) is 11.9. The number of likely N-dealkylation sites (N-methyl/N-ethyl adjacent to an activating group) is 1. The summed E-state index contributed by atoms with van der Waals surface area (Å²) in [6.45, 7) is 7.25. The summed E-state index contributed by atoms with van der Waals surface area (Å²) in [6.07, 6.45) is 14.3. The number of carbonyl (C=O) groups is 4. The number of fused-ring (bicyclic) bond motifs is 6. The molecule has 0 amide bonds. The van der Waals surface area contributed by atoms with Crippen molar-refractivity contribution in [2.24, 2.45) is 0 Å². The second-order valence-corrected chi connectivity index (χ2v) is 20.5. The van der Waals surface area contributed by atoms with E-state index in [1.54, 1.807) is 18.2 Å². The van der Waals surface area contributed by atoms with E-state index in [9.17, 15) is 29.4 Å². The minimum atomic E-state index is -1.29. The Morgan fingerprint density at radius 2 is 1.32 bits per heavy atom. The summed E-state index contributed by atoms with van der Waals surface area (Å²) in [5.74, 6) is 0.306. The molecular weight excluding hydrogens is 905 g/mol. The third-order valence-electron chi connectivity index (χ3n) is 15.5. The van der Waals surface area contributed by atoms with Gasteiger partial charge in [0, 0.05) is 130 Å². The summed E-state index contributed by atoms with van der Waals surface area (Å²) >= 11 is 0. The van der Waals surface area contributed by atoms with Gasteiger partial charge in [-0.2, -0.15) is 0 Å². The number of hydrogen-bond acceptors (Lipinski definition) is 10. The average molecular weight is 963 g/mol. The first-order valence-corrected chi connectivity index (χ1v) is 25.3. The van der Waals surface area contributed by atoms with Gasteiger partial charge in [-0.3, -0.25) is 9.59 Å². The number of ether oxygens (including phenoxy) is 2. The van der Waals surface area contributed by atoms with Gasteiger partial charge in [0.05, 0.1) is 31.6 Å². The molecule has 12 heteroatoms.